The molecule has 0 bridgehead atoms. The van der Waals surface area contributed by atoms with Crippen LogP contribution in [0.15, 0.2) is 77.5 Å². The van der Waals surface area contributed by atoms with E-state index in [9.17, 15) is 9.59 Å². The number of hydrogen-bond donors (Lipinski definition) is 0. The molecule has 3 aromatic rings. The lowest BCUT2D eigenvalue weighted by molar-refractivity contribution is -0.136. The zero-order valence-electron chi connectivity index (χ0n) is 20.5. The number of amides is 1. The SMILES string of the molecule is COC(=O)C1=C(C)N(c2ccc(C(C)C)cc2)C(=O)C1=Cc1cc(C)n(-c2ccccc2)c1C. The van der Waals surface area contributed by atoms with Gasteiger partial charge in [0.25, 0.3) is 5.91 Å². The third-order valence-electron chi connectivity index (χ3n) is 6.39. The quantitative estimate of drug-likeness (QED) is 0.346. The Hall–Kier alpha value is -3.86. The number of esters is 1. The van der Waals surface area contributed by atoms with Gasteiger partial charge in [0.15, 0.2) is 0 Å². The molecule has 0 saturated heterocycles. The average molecular weight is 455 g/mol. The van der Waals surface area contributed by atoms with Crippen molar-refractivity contribution >= 4 is 23.6 Å². The predicted molar refractivity (Wildman–Crippen MR) is 136 cm³/mol. The molecule has 0 N–H and O–H groups in total. The van der Waals surface area contributed by atoms with Crippen LogP contribution in [0, 0.1) is 13.8 Å². The standard InChI is InChI=1S/C29H30N2O3/c1-18(2)22-12-14-25(15-13-22)31-21(5)27(29(33)34-6)26(28(31)32)17-23-16-19(3)30(20(23)4)24-10-8-7-9-11-24/h7-18H,1-6H3. The summed E-state index contributed by atoms with van der Waals surface area (Å²) in [5, 5.41) is 0. The molecule has 2 aromatic carbocycles. The summed E-state index contributed by atoms with van der Waals surface area (Å²) in [4.78, 5) is 28.0. The molecule has 1 amide bonds. The van der Waals surface area contributed by atoms with Gasteiger partial charge in [-0.25, -0.2) is 4.79 Å². The fraction of sp³-hybridized carbons (Fsp3) is 0.241. The third kappa shape index (κ3) is 3.98. The lowest BCUT2D eigenvalue weighted by atomic mass is 10.0. The van der Waals surface area contributed by atoms with Crippen LogP contribution in [-0.4, -0.2) is 23.6 Å². The van der Waals surface area contributed by atoms with Crippen LogP contribution in [0.2, 0.25) is 0 Å². The number of carbonyl (C=O) groups excluding carboxylic acids is 2. The number of nitrogens with zero attached hydrogens (tertiary/aromatic N) is 2. The van der Waals surface area contributed by atoms with Crippen LogP contribution in [0.25, 0.3) is 11.8 Å². The molecule has 1 aromatic heterocycles. The Morgan fingerprint density at radius 2 is 1.59 bits per heavy atom. The van der Waals surface area contributed by atoms with Crippen molar-refractivity contribution in [1.29, 1.82) is 0 Å². The molecular weight excluding hydrogens is 424 g/mol. The topological polar surface area (TPSA) is 51.5 Å². The van der Waals surface area contributed by atoms with Gasteiger partial charge < -0.3 is 9.30 Å². The maximum atomic E-state index is 13.6. The first kappa shape index (κ1) is 23.3. The number of aromatic nitrogens is 1. The number of ether oxygens (including phenoxy) is 1. The number of benzene rings is 2. The first-order valence-corrected chi connectivity index (χ1v) is 11.4. The fourth-order valence-electron chi connectivity index (χ4n) is 4.56. The van der Waals surface area contributed by atoms with E-state index in [-0.39, 0.29) is 5.91 Å². The van der Waals surface area contributed by atoms with Crippen LogP contribution >= 0.6 is 0 Å². The summed E-state index contributed by atoms with van der Waals surface area (Å²) in [6.45, 7) is 10.1. The van der Waals surface area contributed by atoms with Crippen LogP contribution < -0.4 is 4.90 Å². The van der Waals surface area contributed by atoms with Gasteiger partial charge in [0.05, 0.1) is 18.3 Å². The number of carbonyl (C=O) groups is 2. The first-order valence-electron chi connectivity index (χ1n) is 11.4. The minimum atomic E-state index is -0.518. The second-order valence-electron chi connectivity index (χ2n) is 8.89. The summed E-state index contributed by atoms with van der Waals surface area (Å²) in [6.07, 6.45) is 1.81. The predicted octanol–water partition coefficient (Wildman–Crippen LogP) is 6.09. The fourth-order valence-corrected chi connectivity index (χ4v) is 4.56. The van der Waals surface area contributed by atoms with Gasteiger partial charge in [-0.15, -0.1) is 0 Å². The summed E-state index contributed by atoms with van der Waals surface area (Å²) in [5.41, 5.74) is 7.09. The Bertz CT molecular complexity index is 1310. The molecule has 0 saturated carbocycles. The van der Waals surface area contributed by atoms with E-state index < -0.39 is 5.97 Å². The number of aryl methyl sites for hydroxylation is 1. The number of anilines is 1. The van der Waals surface area contributed by atoms with E-state index in [0.29, 0.717) is 22.8 Å². The van der Waals surface area contributed by atoms with Crippen molar-refractivity contribution in [3.8, 4) is 5.69 Å². The van der Waals surface area contributed by atoms with Crippen LogP contribution in [0.5, 0.6) is 0 Å². The minimum absolute atomic E-state index is 0.236. The number of para-hydroxylation sites is 1. The summed E-state index contributed by atoms with van der Waals surface area (Å²) in [5.74, 6) is -0.365. The van der Waals surface area contributed by atoms with Crippen molar-refractivity contribution in [3.05, 3.63) is 100 Å². The van der Waals surface area contributed by atoms with E-state index in [2.05, 4.69) is 18.4 Å². The van der Waals surface area contributed by atoms with Crippen molar-refractivity contribution in [2.24, 2.45) is 0 Å². The molecular formula is C29H30N2O3. The molecule has 4 rings (SSSR count). The zero-order chi connectivity index (χ0) is 24.6. The number of methoxy groups -OCH3 is 1. The van der Waals surface area contributed by atoms with Gasteiger partial charge in [-0.05, 0) is 74.2 Å². The second kappa shape index (κ2) is 9.18. The number of hydrogen-bond acceptors (Lipinski definition) is 3. The lowest BCUT2D eigenvalue weighted by Gasteiger charge is -2.19. The third-order valence-corrected chi connectivity index (χ3v) is 6.39. The van der Waals surface area contributed by atoms with Gasteiger partial charge in [-0.2, -0.15) is 0 Å². The van der Waals surface area contributed by atoms with E-state index in [4.69, 9.17) is 4.74 Å². The van der Waals surface area contributed by atoms with Crippen molar-refractivity contribution < 1.29 is 14.3 Å². The van der Waals surface area contributed by atoms with Gasteiger partial charge in [-0.1, -0.05) is 44.2 Å². The zero-order valence-corrected chi connectivity index (χ0v) is 20.5. The van der Waals surface area contributed by atoms with Crippen molar-refractivity contribution in [1.82, 2.24) is 4.57 Å². The molecule has 0 aliphatic carbocycles. The van der Waals surface area contributed by atoms with E-state index in [0.717, 1.165) is 28.3 Å². The van der Waals surface area contributed by atoms with Gasteiger partial charge in [-0.3, -0.25) is 9.69 Å². The van der Waals surface area contributed by atoms with Crippen LogP contribution in [0.4, 0.5) is 5.69 Å². The molecule has 0 radical (unpaired) electrons. The number of allylic oxidation sites excluding steroid dienone is 1. The summed E-state index contributed by atoms with van der Waals surface area (Å²) >= 11 is 0. The summed E-state index contributed by atoms with van der Waals surface area (Å²) in [7, 11) is 1.34. The maximum absolute atomic E-state index is 13.6. The Kier molecular flexibility index (Phi) is 6.29. The Balaban J connectivity index is 1.82. The van der Waals surface area contributed by atoms with Gasteiger partial charge >= 0.3 is 5.97 Å². The molecule has 5 nitrogen and oxygen atoms in total. The first-order chi connectivity index (χ1) is 16.2. The second-order valence-corrected chi connectivity index (χ2v) is 8.89. The molecule has 174 valence electrons. The molecule has 0 spiro atoms. The molecule has 1 aliphatic heterocycles. The van der Waals surface area contributed by atoms with E-state index in [1.54, 1.807) is 11.8 Å². The molecule has 1 aliphatic rings. The van der Waals surface area contributed by atoms with E-state index in [1.807, 2.05) is 80.6 Å². The van der Waals surface area contributed by atoms with Gasteiger partial charge in [0.1, 0.15) is 0 Å². The average Bonchev–Trinajstić information content (AvgIpc) is 3.25. The highest BCUT2D eigenvalue weighted by molar-refractivity contribution is 6.23. The van der Waals surface area contributed by atoms with Crippen LogP contribution in [-0.2, 0) is 14.3 Å². The normalized spacial score (nSPS) is 15.1. The smallest absolute Gasteiger partial charge is 0.340 e. The highest BCUT2D eigenvalue weighted by Crippen LogP contribution is 2.36. The highest BCUT2D eigenvalue weighted by atomic mass is 16.5. The molecule has 0 unspecified atom stereocenters. The Morgan fingerprint density at radius 1 is 0.941 bits per heavy atom. The molecule has 34 heavy (non-hydrogen) atoms. The summed E-state index contributed by atoms with van der Waals surface area (Å²) < 4.78 is 7.20. The van der Waals surface area contributed by atoms with E-state index >= 15 is 0 Å². The van der Waals surface area contributed by atoms with Gasteiger partial charge in [0.2, 0.25) is 0 Å². The lowest BCUT2D eigenvalue weighted by Crippen LogP contribution is -2.24. The Morgan fingerprint density at radius 3 is 2.18 bits per heavy atom. The molecule has 0 fully saturated rings. The monoisotopic (exact) mass is 454 g/mol. The van der Waals surface area contributed by atoms with Crippen molar-refractivity contribution in [2.45, 2.75) is 40.5 Å². The van der Waals surface area contributed by atoms with E-state index in [1.165, 1.54) is 12.7 Å². The Labute approximate surface area is 201 Å². The highest BCUT2D eigenvalue weighted by Gasteiger charge is 2.38. The van der Waals surface area contributed by atoms with Crippen LogP contribution in [0.3, 0.4) is 0 Å². The minimum Gasteiger partial charge on any atom is -0.465 e. The van der Waals surface area contributed by atoms with Crippen LogP contribution in [0.1, 0.15) is 49.2 Å². The van der Waals surface area contributed by atoms with Gasteiger partial charge in [0, 0.05) is 28.5 Å². The molecule has 5 heteroatoms. The molecule has 2 heterocycles. The van der Waals surface area contributed by atoms with Crippen molar-refractivity contribution in [3.63, 3.8) is 0 Å². The largest absolute Gasteiger partial charge is 0.465 e. The number of rotatable bonds is 5. The molecule has 0 atom stereocenters. The summed E-state index contributed by atoms with van der Waals surface area (Å²) in [6, 6.07) is 20.0. The van der Waals surface area contributed by atoms with Crippen molar-refractivity contribution in [2.75, 3.05) is 12.0 Å². The maximum Gasteiger partial charge on any atom is 0.340 e.